The Balaban J connectivity index is 2.21. The van der Waals surface area contributed by atoms with Crippen LogP contribution in [0.25, 0.3) is 0 Å². The summed E-state index contributed by atoms with van der Waals surface area (Å²) in [5, 5.41) is 14.5. The smallest absolute Gasteiger partial charge is 0.320 e. The SMILES string of the molecule is CC(C)CC(NCC(=O)NCC1CCCO1)C(=O)O. The van der Waals surface area contributed by atoms with Crippen LogP contribution in [0.2, 0.25) is 0 Å². The standard InChI is InChI=1S/C13H24N2O4/c1-9(2)6-11(13(17)18)14-8-12(16)15-7-10-4-3-5-19-10/h9-11,14H,3-8H2,1-2H3,(H,15,16)(H,17,18). The number of hydrogen-bond donors (Lipinski definition) is 3. The third kappa shape index (κ3) is 6.54. The maximum absolute atomic E-state index is 11.6. The molecule has 19 heavy (non-hydrogen) atoms. The van der Waals surface area contributed by atoms with Gasteiger partial charge in [0.1, 0.15) is 6.04 Å². The molecule has 1 saturated heterocycles. The topological polar surface area (TPSA) is 87.7 Å². The lowest BCUT2D eigenvalue weighted by Gasteiger charge is -2.16. The second-order valence-corrected chi connectivity index (χ2v) is 5.34. The van der Waals surface area contributed by atoms with Crippen molar-refractivity contribution >= 4 is 11.9 Å². The van der Waals surface area contributed by atoms with E-state index in [2.05, 4.69) is 10.6 Å². The number of ether oxygens (including phenoxy) is 1. The van der Waals surface area contributed by atoms with E-state index in [-0.39, 0.29) is 24.5 Å². The van der Waals surface area contributed by atoms with Crippen LogP contribution in [-0.4, -0.2) is 48.8 Å². The lowest BCUT2D eigenvalue weighted by molar-refractivity contribution is -0.140. The van der Waals surface area contributed by atoms with Crippen molar-refractivity contribution in [2.24, 2.45) is 5.92 Å². The quantitative estimate of drug-likeness (QED) is 0.594. The minimum atomic E-state index is -0.916. The lowest BCUT2D eigenvalue weighted by Crippen LogP contribution is -2.44. The summed E-state index contributed by atoms with van der Waals surface area (Å²) >= 11 is 0. The van der Waals surface area contributed by atoms with Crippen molar-refractivity contribution in [3.63, 3.8) is 0 Å². The molecule has 2 unspecified atom stereocenters. The van der Waals surface area contributed by atoms with E-state index >= 15 is 0 Å². The minimum absolute atomic E-state index is 0.0242. The molecular weight excluding hydrogens is 248 g/mol. The van der Waals surface area contributed by atoms with Gasteiger partial charge in [-0.15, -0.1) is 0 Å². The Morgan fingerprint density at radius 3 is 2.68 bits per heavy atom. The molecule has 6 nitrogen and oxygen atoms in total. The van der Waals surface area contributed by atoms with Crippen molar-refractivity contribution < 1.29 is 19.4 Å². The van der Waals surface area contributed by atoms with Crippen LogP contribution in [-0.2, 0) is 14.3 Å². The first-order chi connectivity index (χ1) is 8.99. The van der Waals surface area contributed by atoms with Crippen molar-refractivity contribution in [2.75, 3.05) is 19.7 Å². The highest BCUT2D eigenvalue weighted by molar-refractivity contribution is 5.79. The Labute approximate surface area is 113 Å². The molecule has 0 radical (unpaired) electrons. The van der Waals surface area contributed by atoms with Gasteiger partial charge in [-0.3, -0.25) is 14.9 Å². The number of carbonyl (C=O) groups excluding carboxylic acids is 1. The summed E-state index contributed by atoms with van der Waals surface area (Å²) < 4.78 is 5.39. The molecule has 110 valence electrons. The normalized spacial score (nSPS) is 20.5. The number of hydrogen-bond acceptors (Lipinski definition) is 4. The van der Waals surface area contributed by atoms with Crippen LogP contribution in [0.3, 0.4) is 0 Å². The van der Waals surface area contributed by atoms with Gasteiger partial charge < -0.3 is 15.2 Å². The maximum Gasteiger partial charge on any atom is 0.320 e. The van der Waals surface area contributed by atoms with Crippen LogP contribution in [0, 0.1) is 5.92 Å². The zero-order valence-electron chi connectivity index (χ0n) is 11.6. The van der Waals surface area contributed by atoms with Crippen molar-refractivity contribution in [2.45, 2.75) is 45.3 Å². The number of nitrogens with one attached hydrogen (secondary N) is 2. The van der Waals surface area contributed by atoms with Crippen molar-refractivity contribution in [3.05, 3.63) is 0 Å². The van der Waals surface area contributed by atoms with E-state index in [4.69, 9.17) is 9.84 Å². The molecule has 0 saturated carbocycles. The number of carbonyl (C=O) groups is 2. The molecule has 0 aromatic heterocycles. The van der Waals surface area contributed by atoms with Gasteiger partial charge in [-0.05, 0) is 25.2 Å². The van der Waals surface area contributed by atoms with Gasteiger partial charge in [-0.2, -0.15) is 0 Å². The van der Waals surface area contributed by atoms with E-state index in [1.807, 2.05) is 13.8 Å². The van der Waals surface area contributed by atoms with Gasteiger partial charge in [0.2, 0.25) is 5.91 Å². The highest BCUT2D eigenvalue weighted by Gasteiger charge is 2.20. The molecule has 0 aliphatic carbocycles. The zero-order chi connectivity index (χ0) is 14.3. The lowest BCUT2D eigenvalue weighted by atomic mass is 10.0. The molecule has 1 aliphatic rings. The fraction of sp³-hybridized carbons (Fsp3) is 0.846. The first-order valence-corrected chi connectivity index (χ1v) is 6.83. The third-order valence-corrected chi connectivity index (χ3v) is 3.07. The van der Waals surface area contributed by atoms with Crippen LogP contribution >= 0.6 is 0 Å². The van der Waals surface area contributed by atoms with Gasteiger partial charge in [0.05, 0.1) is 12.6 Å². The van der Waals surface area contributed by atoms with Crippen LogP contribution < -0.4 is 10.6 Å². The van der Waals surface area contributed by atoms with Crippen molar-refractivity contribution in [1.29, 1.82) is 0 Å². The third-order valence-electron chi connectivity index (χ3n) is 3.07. The summed E-state index contributed by atoms with van der Waals surface area (Å²) in [6.45, 7) is 5.19. The largest absolute Gasteiger partial charge is 0.480 e. The summed E-state index contributed by atoms with van der Waals surface area (Å²) in [4.78, 5) is 22.6. The molecule has 0 aromatic rings. The van der Waals surface area contributed by atoms with Gasteiger partial charge in [0.15, 0.2) is 0 Å². The van der Waals surface area contributed by atoms with E-state index in [1.165, 1.54) is 0 Å². The van der Waals surface area contributed by atoms with Crippen LogP contribution in [0.15, 0.2) is 0 Å². The molecule has 1 amide bonds. The summed E-state index contributed by atoms with van der Waals surface area (Å²) in [6.07, 6.45) is 2.62. The molecule has 0 aromatic carbocycles. The average molecular weight is 272 g/mol. The summed E-state index contributed by atoms with van der Waals surface area (Å²) in [6, 6.07) is -0.673. The molecule has 0 spiro atoms. The van der Waals surface area contributed by atoms with Crippen LogP contribution in [0.1, 0.15) is 33.1 Å². The second-order valence-electron chi connectivity index (χ2n) is 5.34. The molecule has 6 heteroatoms. The minimum Gasteiger partial charge on any atom is -0.480 e. The van der Waals surface area contributed by atoms with E-state index in [1.54, 1.807) is 0 Å². The summed E-state index contributed by atoms with van der Waals surface area (Å²) in [5.41, 5.74) is 0. The predicted molar refractivity (Wildman–Crippen MR) is 70.9 cm³/mol. The Hall–Kier alpha value is -1.14. The molecule has 1 fully saturated rings. The Morgan fingerprint density at radius 2 is 2.16 bits per heavy atom. The zero-order valence-corrected chi connectivity index (χ0v) is 11.6. The molecule has 1 heterocycles. The maximum atomic E-state index is 11.6. The molecule has 3 N–H and O–H groups in total. The molecule has 2 atom stereocenters. The number of amides is 1. The van der Waals surface area contributed by atoms with Gasteiger partial charge in [0, 0.05) is 13.2 Å². The van der Waals surface area contributed by atoms with Gasteiger partial charge in [-0.25, -0.2) is 0 Å². The summed E-state index contributed by atoms with van der Waals surface area (Å²) in [5.74, 6) is -0.838. The van der Waals surface area contributed by atoms with Gasteiger partial charge >= 0.3 is 5.97 Å². The predicted octanol–water partition coefficient (Wildman–Crippen LogP) is 0.371. The van der Waals surface area contributed by atoms with E-state index in [9.17, 15) is 9.59 Å². The van der Waals surface area contributed by atoms with Crippen LogP contribution in [0.5, 0.6) is 0 Å². The molecule has 1 rings (SSSR count). The van der Waals surface area contributed by atoms with E-state index in [0.717, 1.165) is 19.4 Å². The van der Waals surface area contributed by atoms with Gasteiger partial charge in [-0.1, -0.05) is 13.8 Å². The molecular formula is C13H24N2O4. The number of aliphatic carboxylic acids is 1. The monoisotopic (exact) mass is 272 g/mol. The van der Waals surface area contributed by atoms with Crippen molar-refractivity contribution in [3.8, 4) is 0 Å². The van der Waals surface area contributed by atoms with Crippen LogP contribution in [0.4, 0.5) is 0 Å². The van der Waals surface area contributed by atoms with E-state index in [0.29, 0.717) is 13.0 Å². The Kier molecular flexibility index (Phi) is 6.80. The molecule has 0 bridgehead atoms. The van der Waals surface area contributed by atoms with Gasteiger partial charge in [0.25, 0.3) is 0 Å². The number of carboxylic acid groups (broad SMARTS) is 1. The van der Waals surface area contributed by atoms with Crippen molar-refractivity contribution in [1.82, 2.24) is 10.6 Å². The Bertz CT molecular complexity index is 301. The fourth-order valence-electron chi connectivity index (χ4n) is 2.05. The highest BCUT2D eigenvalue weighted by atomic mass is 16.5. The first-order valence-electron chi connectivity index (χ1n) is 6.83. The van der Waals surface area contributed by atoms with E-state index < -0.39 is 12.0 Å². The fourth-order valence-corrected chi connectivity index (χ4v) is 2.05. The average Bonchev–Trinajstić information content (AvgIpc) is 2.84. The number of carboxylic acids is 1. The second kappa shape index (κ2) is 8.12. The highest BCUT2D eigenvalue weighted by Crippen LogP contribution is 2.10. The first kappa shape index (κ1) is 15.9. The number of rotatable bonds is 8. The molecule has 1 aliphatic heterocycles. The summed E-state index contributed by atoms with van der Waals surface area (Å²) in [7, 11) is 0. The Morgan fingerprint density at radius 1 is 1.42 bits per heavy atom.